The fourth-order valence-electron chi connectivity index (χ4n) is 2.98. The van der Waals surface area contributed by atoms with Crippen molar-refractivity contribution in [1.82, 2.24) is 5.32 Å². The number of halogens is 3. The standard InChI is InChI=1S/C19H37F3N2O6SSi/c1-6-32(7-2,8-3)30-16(19(20,21)22)10-12-31(23,28)11-9-15(17(25)26)24-18(27)29-13-14(4)5/h14-16,23H,6-13H2,1-5H3,(H,24,27)(H,25,26)/t15-,16+,31?/m0/s1. The van der Waals surface area contributed by atoms with E-state index < -0.39 is 66.4 Å². The molecule has 1 unspecified atom stereocenters. The van der Waals surface area contributed by atoms with Gasteiger partial charge < -0.3 is 19.6 Å². The molecule has 0 heterocycles. The maximum Gasteiger partial charge on any atom is 0.413 e. The van der Waals surface area contributed by atoms with Crippen molar-refractivity contribution in [1.29, 1.82) is 4.78 Å². The summed E-state index contributed by atoms with van der Waals surface area (Å²) < 4.78 is 71.4. The monoisotopic (exact) mass is 506 g/mol. The molecular formula is C19H37F3N2O6SSi. The molecule has 0 radical (unpaired) electrons. The van der Waals surface area contributed by atoms with Gasteiger partial charge in [0, 0.05) is 21.2 Å². The van der Waals surface area contributed by atoms with Crippen LogP contribution in [0.1, 0.15) is 47.5 Å². The Morgan fingerprint density at radius 2 is 1.59 bits per heavy atom. The number of alkyl halides is 3. The SMILES string of the molecule is CC[Si](CC)(CC)O[C@H](CCS(=N)(=O)CC[C@H](NC(=O)OCC(C)C)C(=O)O)C(F)(F)F. The number of amides is 1. The zero-order valence-electron chi connectivity index (χ0n) is 19.4. The van der Waals surface area contributed by atoms with E-state index in [1.165, 1.54) is 0 Å². The third-order valence-electron chi connectivity index (χ3n) is 5.27. The summed E-state index contributed by atoms with van der Waals surface area (Å²) >= 11 is 0. The largest absolute Gasteiger partial charge is 0.480 e. The van der Waals surface area contributed by atoms with Gasteiger partial charge in [-0.1, -0.05) is 34.6 Å². The van der Waals surface area contributed by atoms with E-state index in [1.54, 1.807) is 34.6 Å². The van der Waals surface area contributed by atoms with E-state index in [1.807, 2.05) is 0 Å². The first-order valence-electron chi connectivity index (χ1n) is 10.8. The molecule has 13 heteroatoms. The Kier molecular flexibility index (Phi) is 12.8. The number of carboxylic acid groups (broad SMARTS) is 1. The van der Waals surface area contributed by atoms with E-state index in [9.17, 15) is 32.1 Å². The van der Waals surface area contributed by atoms with Crippen molar-refractivity contribution < 1.29 is 41.2 Å². The summed E-state index contributed by atoms with van der Waals surface area (Å²) in [4.78, 5) is 23.0. The van der Waals surface area contributed by atoms with Crippen LogP contribution in [0.3, 0.4) is 0 Å². The molecule has 3 N–H and O–H groups in total. The maximum absolute atomic E-state index is 13.5. The highest BCUT2D eigenvalue weighted by Crippen LogP contribution is 2.32. The van der Waals surface area contributed by atoms with Crippen molar-refractivity contribution in [3.8, 4) is 0 Å². The molecule has 0 saturated heterocycles. The van der Waals surface area contributed by atoms with Gasteiger partial charge in [0.25, 0.3) is 0 Å². The van der Waals surface area contributed by atoms with Crippen LogP contribution in [0, 0.1) is 10.7 Å². The van der Waals surface area contributed by atoms with E-state index in [4.69, 9.17) is 13.9 Å². The molecule has 0 rings (SSSR count). The first-order chi connectivity index (χ1) is 14.6. The quantitative estimate of drug-likeness (QED) is 0.279. The van der Waals surface area contributed by atoms with Gasteiger partial charge in [-0.15, -0.1) is 0 Å². The molecule has 0 aromatic carbocycles. The number of alkyl carbamates (subject to hydrolysis) is 1. The van der Waals surface area contributed by atoms with Gasteiger partial charge in [0.2, 0.25) is 0 Å². The predicted molar refractivity (Wildman–Crippen MR) is 119 cm³/mol. The van der Waals surface area contributed by atoms with Crippen LogP contribution >= 0.6 is 0 Å². The van der Waals surface area contributed by atoms with E-state index >= 15 is 0 Å². The molecular weight excluding hydrogens is 469 g/mol. The highest BCUT2D eigenvalue weighted by atomic mass is 32.2. The lowest BCUT2D eigenvalue weighted by molar-refractivity contribution is -0.198. The fourth-order valence-corrected chi connectivity index (χ4v) is 7.25. The lowest BCUT2D eigenvalue weighted by Crippen LogP contribution is -2.46. The Morgan fingerprint density at radius 3 is 2.00 bits per heavy atom. The van der Waals surface area contributed by atoms with Crippen LogP contribution in [0.25, 0.3) is 0 Å². The number of aliphatic carboxylic acids is 1. The van der Waals surface area contributed by atoms with Gasteiger partial charge in [-0.05, 0) is 36.9 Å². The van der Waals surface area contributed by atoms with Gasteiger partial charge in [-0.25, -0.2) is 13.8 Å². The average molecular weight is 507 g/mol. The lowest BCUT2D eigenvalue weighted by atomic mass is 10.2. The number of ether oxygens (including phenoxy) is 1. The van der Waals surface area contributed by atoms with E-state index in [0.29, 0.717) is 18.1 Å². The Balaban J connectivity index is 5.06. The van der Waals surface area contributed by atoms with Gasteiger partial charge in [-0.3, -0.25) is 4.78 Å². The van der Waals surface area contributed by atoms with E-state index in [-0.39, 0.29) is 18.9 Å². The number of carbonyl (C=O) groups excluding carboxylic acids is 1. The number of hydrogen-bond donors (Lipinski definition) is 3. The molecule has 0 aromatic heterocycles. The van der Waals surface area contributed by atoms with Gasteiger partial charge in [0.1, 0.15) is 12.1 Å². The van der Waals surface area contributed by atoms with Crippen molar-refractivity contribution in [2.75, 3.05) is 18.1 Å². The number of rotatable bonds is 15. The Morgan fingerprint density at radius 1 is 1.09 bits per heavy atom. The molecule has 3 atom stereocenters. The summed E-state index contributed by atoms with van der Waals surface area (Å²) in [5.74, 6) is -2.43. The summed E-state index contributed by atoms with van der Waals surface area (Å²) in [5.41, 5.74) is 0. The molecule has 0 aromatic rings. The molecule has 0 saturated carbocycles. The highest BCUT2D eigenvalue weighted by Gasteiger charge is 2.45. The summed E-state index contributed by atoms with van der Waals surface area (Å²) in [6.45, 7) is 9.05. The van der Waals surface area contributed by atoms with Gasteiger partial charge in [-0.2, -0.15) is 13.2 Å². The first kappa shape index (κ1) is 30.7. The molecule has 8 nitrogen and oxygen atoms in total. The van der Waals surface area contributed by atoms with Crippen LogP contribution in [0.5, 0.6) is 0 Å². The second-order valence-corrected chi connectivity index (χ2v) is 15.4. The Hall–Kier alpha value is -1.34. The summed E-state index contributed by atoms with van der Waals surface area (Å²) in [5, 5.41) is 11.4. The zero-order valence-corrected chi connectivity index (χ0v) is 21.2. The molecule has 190 valence electrons. The zero-order chi connectivity index (χ0) is 25.2. The topological polar surface area (TPSA) is 126 Å². The molecule has 32 heavy (non-hydrogen) atoms. The van der Waals surface area contributed by atoms with Crippen LogP contribution in [0.4, 0.5) is 18.0 Å². The number of nitrogens with one attached hydrogen (secondary N) is 2. The van der Waals surface area contributed by atoms with Crippen LogP contribution in [-0.2, 0) is 23.7 Å². The predicted octanol–water partition coefficient (Wildman–Crippen LogP) is 4.60. The van der Waals surface area contributed by atoms with Crippen molar-refractivity contribution in [3.63, 3.8) is 0 Å². The number of carbonyl (C=O) groups is 2. The van der Waals surface area contributed by atoms with E-state index in [0.717, 1.165) is 0 Å². The highest BCUT2D eigenvalue weighted by molar-refractivity contribution is 7.92. The minimum atomic E-state index is -4.65. The molecule has 0 bridgehead atoms. The van der Waals surface area contributed by atoms with Gasteiger partial charge in [0.15, 0.2) is 8.32 Å². The fraction of sp³-hybridized carbons (Fsp3) is 0.895. The van der Waals surface area contributed by atoms with Gasteiger partial charge in [0.05, 0.1) is 6.61 Å². The van der Waals surface area contributed by atoms with Crippen molar-refractivity contribution in [2.45, 2.75) is 83.9 Å². The molecule has 0 aliphatic rings. The summed E-state index contributed by atoms with van der Waals surface area (Å²) in [6, 6.07) is 0.0845. The van der Waals surface area contributed by atoms with Crippen molar-refractivity contribution in [2.24, 2.45) is 5.92 Å². The van der Waals surface area contributed by atoms with Crippen molar-refractivity contribution >= 4 is 30.1 Å². The second kappa shape index (κ2) is 13.4. The number of carboxylic acids is 1. The summed E-state index contributed by atoms with van der Waals surface area (Å²) in [7, 11) is -6.11. The molecule has 0 aliphatic heterocycles. The minimum absolute atomic E-state index is 0.0368. The molecule has 1 amide bonds. The maximum atomic E-state index is 13.5. The normalized spacial score (nSPS) is 16.3. The lowest BCUT2D eigenvalue weighted by Gasteiger charge is -2.34. The van der Waals surface area contributed by atoms with Crippen LogP contribution in [-0.4, -0.2) is 66.1 Å². The van der Waals surface area contributed by atoms with Crippen molar-refractivity contribution in [3.05, 3.63) is 0 Å². The van der Waals surface area contributed by atoms with E-state index in [2.05, 4.69) is 5.32 Å². The Bertz CT molecular complexity index is 691. The van der Waals surface area contributed by atoms with Crippen LogP contribution in [0.2, 0.25) is 18.1 Å². The third kappa shape index (κ3) is 11.5. The molecule has 0 fully saturated rings. The third-order valence-corrected chi connectivity index (χ3v) is 11.7. The van der Waals surface area contributed by atoms with Gasteiger partial charge >= 0.3 is 18.2 Å². The molecule has 0 spiro atoms. The summed E-state index contributed by atoms with van der Waals surface area (Å²) in [6.07, 6.45) is -8.74. The van der Waals surface area contributed by atoms with Crippen LogP contribution in [0.15, 0.2) is 0 Å². The first-order valence-corrected chi connectivity index (χ1v) is 15.2. The average Bonchev–Trinajstić information content (AvgIpc) is 2.69. The van der Waals surface area contributed by atoms with Crippen LogP contribution < -0.4 is 5.32 Å². The number of hydrogen-bond acceptors (Lipinski definition) is 6. The molecule has 0 aliphatic carbocycles. The minimum Gasteiger partial charge on any atom is -0.480 e. The second-order valence-electron chi connectivity index (χ2n) is 8.22. The smallest absolute Gasteiger partial charge is 0.413 e. The Labute approximate surface area is 189 Å².